The number of halogens is 1. The molecule has 2 aromatic rings. The number of benzene rings is 1. The number of rotatable bonds is 4. The highest BCUT2D eigenvalue weighted by Crippen LogP contribution is 2.43. The van der Waals surface area contributed by atoms with Gasteiger partial charge in [-0.1, -0.05) is 13.0 Å². The molecule has 2 fully saturated rings. The van der Waals surface area contributed by atoms with Crippen LogP contribution in [0.15, 0.2) is 48.8 Å². The lowest BCUT2D eigenvalue weighted by Gasteiger charge is -2.43. The third-order valence-electron chi connectivity index (χ3n) is 6.13. The van der Waals surface area contributed by atoms with Crippen LogP contribution in [0.4, 0.5) is 4.39 Å². The van der Waals surface area contributed by atoms with Gasteiger partial charge >= 0.3 is 0 Å². The Morgan fingerprint density at radius 1 is 1.23 bits per heavy atom. The molecule has 6 nitrogen and oxygen atoms in total. The van der Waals surface area contributed by atoms with Crippen molar-refractivity contribution in [1.29, 1.82) is 0 Å². The zero-order valence-corrected chi connectivity index (χ0v) is 17.0. The van der Waals surface area contributed by atoms with Crippen LogP contribution >= 0.6 is 0 Å². The molecule has 0 radical (unpaired) electrons. The summed E-state index contributed by atoms with van der Waals surface area (Å²) >= 11 is 0. The Bertz CT molecular complexity index is 913. The molecule has 30 heavy (non-hydrogen) atoms. The highest BCUT2D eigenvalue weighted by atomic mass is 19.1. The minimum Gasteiger partial charge on any atom is -0.353 e. The second-order valence-electron chi connectivity index (χ2n) is 8.21. The van der Waals surface area contributed by atoms with Gasteiger partial charge in [0.05, 0.1) is 6.61 Å². The smallest absolute Gasteiger partial charge is 0.256 e. The number of amides is 2. The first-order valence-electron chi connectivity index (χ1n) is 10.4. The first kappa shape index (κ1) is 20.5. The molecule has 4 rings (SSSR count). The Hall–Kier alpha value is -2.80. The number of nitrogens with one attached hydrogen (secondary N) is 1. The maximum atomic E-state index is 13.8. The lowest BCUT2D eigenvalue weighted by Crippen LogP contribution is -2.56. The highest BCUT2D eigenvalue weighted by molar-refractivity contribution is 5.98. The summed E-state index contributed by atoms with van der Waals surface area (Å²) in [5.41, 5.74) is 0.334. The van der Waals surface area contributed by atoms with E-state index in [1.807, 2.05) is 12.1 Å². The molecular formula is C23H26FN3O3. The van der Waals surface area contributed by atoms with Crippen molar-refractivity contribution in [3.05, 3.63) is 65.7 Å². The van der Waals surface area contributed by atoms with Crippen molar-refractivity contribution in [3.63, 3.8) is 0 Å². The van der Waals surface area contributed by atoms with Crippen LogP contribution in [0.1, 0.15) is 48.5 Å². The summed E-state index contributed by atoms with van der Waals surface area (Å²) in [6.07, 6.45) is 6.50. The molecule has 1 aliphatic carbocycles. The van der Waals surface area contributed by atoms with Crippen LogP contribution in [0.2, 0.25) is 0 Å². The second kappa shape index (κ2) is 8.52. The van der Waals surface area contributed by atoms with Gasteiger partial charge in [0.25, 0.3) is 5.91 Å². The lowest BCUT2D eigenvalue weighted by atomic mass is 9.83. The average Bonchev–Trinajstić information content (AvgIpc) is 3.13. The fourth-order valence-corrected chi connectivity index (χ4v) is 4.35. The van der Waals surface area contributed by atoms with Gasteiger partial charge in [0.2, 0.25) is 5.91 Å². The van der Waals surface area contributed by atoms with Crippen LogP contribution in [0.25, 0.3) is 0 Å². The summed E-state index contributed by atoms with van der Waals surface area (Å²) in [7, 11) is 0. The molecule has 1 aromatic carbocycles. The van der Waals surface area contributed by atoms with Crippen LogP contribution in [0, 0.1) is 11.7 Å². The molecule has 0 unspecified atom stereocenters. The van der Waals surface area contributed by atoms with E-state index in [0.717, 1.165) is 18.4 Å². The van der Waals surface area contributed by atoms with E-state index in [9.17, 15) is 14.0 Å². The Balaban J connectivity index is 1.58. The molecule has 1 aromatic heterocycles. The highest BCUT2D eigenvalue weighted by Gasteiger charge is 2.53. The van der Waals surface area contributed by atoms with E-state index in [4.69, 9.17) is 4.74 Å². The Kier molecular flexibility index (Phi) is 5.81. The molecular weight excluding hydrogens is 385 g/mol. The zero-order valence-electron chi connectivity index (χ0n) is 17.0. The predicted molar refractivity (Wildman–Crippen MR) is 109 cm³/mol. The normalized spacial score (nSPS) is 26.0. The van der Waals surface area contributed by atoms with Crippen LogP contribution in [-0.2, 0) is 16.1 Å². The number of pyridine rings is 1. The maximum absolute atomic E-state index is 13.8. The van der Waals surface area contributed by atoms with Crippen LogP contribution in [0.5, 0.6) is 0 Å². The van der Waals surface area contributed by atoms with Gasteiger partial charge in [-0.25, -0.2) is 4.39 Å². The summed E-state index contributed by atoms with van der Waals surface area (Å²) in [5.74, 6) is -0.575. The number of aromatic nitrogens is 1. The Morgan fingerprint density at radius 2 is 1.97 bits per heavy atom. The zero-order chi connectivity index (χ0) is 21.1. The van der Waals surface area contributed by atoms with Crippen molar-refractivity contribution in [1.82, 2.24) is 15.2 Å². The molecule has 1 N–H and O–H groups in total. The number of nitrogens with zero attached hydrogens (tertiary/aromatic N) is 2. The van der Waals surface area contributed by atoms with Gasteiger partial charge in [-0.3, -0.25) is 19.5 Å². The van der Waals surface area contributed by atoms with Gasteiger partial charge in [-0.15, -0.1) is 0 Å². The van der Waals surface area contributed by atoms with Gasteiger partial charge < -0.3 is 10.1 Å². The molecule has 7 heteroatoms. The van der Waals surface area contributed by atoms with Crippen molar-refractivity contribution in [2.45, 2.75) is 50.9 Å². The van der Waals surface area contributed by atoms with Crippen molar-refractivity contribution in [2.75, 3.05) is 6.61 Å². The fourth-order valence-electron chi connectivity index (χ4n) is 4.35. The Morgan fingerprint density at radius 3 is 2.67 bits per heavy atom. The second-order valence-corrected chi connectivity index (χ2v) is 8.21. The van der Waals surface area contributed by atoms with E-state index >= 15 is 0 Å². The van der Waals surface area contributed by atoms with Gasteiger partial charge in [0, 0.05) is 24.5 Å². The van der Waals surface area contributed by atoms with E-state index < -0.39 is 17.6 Å². The first-order chi connectivity index (χ1) is 14.5. The largest absolute Gasteiger partial charge is 0.353 e. The number of carbonyl (C=O) groups is 2. The monoisotopic (exact) mass is 411 g/mol. The molecule has 1 atom stereocenters. The summed E-state index contributed by atoms with van der Waals surface area (Å²) in [6.45, 7) is 2.65. The summed E-state index contributed by atoms with van der Waals surface area (Å²) in [5, 5.41) is 2.90. The quantitative estimate of drug-likeness (QED) is 0.838. The van der Waals surface area contributed by atoms with Crippen molar-refractivity contribution in [3.8, 4) is 0 Å². The number of carbonyl (C=O) groups excluding carboxylic acids is 2. The molecule has 1 aliphatic heterocycles. The van der Waals surface area contributed by atoms with Gasteiger partial charge in [-0.05, 0) is 67.5 Å². The van der Waals surface area contributed by atoms with Crippen molar-refractivity contribution < 1.29 is 18.7 Å². The van der Waals surface area contributed by atoms with Gasteiger partial charge in [0.1, 0.15) is 17.6 Å². The van der Waals surface area contributed by atoms with E-state index in [2.05, 4.69) is 17.2 Å². The lowest BCUT2D eigenvalue weighted by molar-refractivity contribution is -0.128. The molecule has 2 heterocycles. The van der Waals surface area contributed by atoms with Crippen molar-refractivity contribution >= 4 is 11.8 Å². The van der Waals surface area contributed by atoms with Crippen molar-refractivity contribution in [2.24, 2.45) is 5.92 Å². The summed E-state index contributed by atoms with van der Waals surface area (Å²) in [6, 6.07) is 8.49. The summed E-state index contributed by atoms with van der Waals surface area (Å²) < 4.78 is 19.9. The standard InChI is InChI=1S/C23H26FN3O3/c1-16-5-9-23(10-6-16)27(22(29)18-3-2-4-19(24)13-18)20(15-30-23)21(28)26-14-17-7-11-25-12-8-17/h2-4,7-8,11-13,16,20H,5-6,9-10,14-15H2,1H3,(H,26,28)/t16?,20-,23?/m1/s1. The number of hydrogen-bond acceptors (Lipinski definition) is 4. The molecule has 1 spiro atoms. The Labute approximate surface area is 175 Å². The van der Waals surface area contributed by atoms with Gasteiger partial charge in [0.15, 0.2) is 0 Å². The minimum absolute atomic E-state index is 0.137. The molecule has 1 saturated carbocycles. The molecule has 2 amide bonds. The van der Waals surface area contributed by atoms with E-state index in [-0.39, 0.29) is 24.0 Å². The van der Waals surface area contributed by atoms with E-state index in [0.29, 0.717) is 25.3 Å². The van der Waals surface area contributed by atoms with E-state index in [1.54, 1.807) is 23.4 Å². The van der Waals surface area contributed by atoms with Gasteiger partial charge in [-0.2, -0.15) is 0 Å². The molecule has 1 saturated heterocycles. The summed E-state index contributed by atoms with van der Waals surface area (Å²) in [4.78, 5) is 32.0. The SMILES string of the molecule is CC1CCC2(CC1)OC[C@H](C(=O)NCc1ccncc1)N2C(=O)c1cccc(F)c1. The molecule has 158 valence electrons. The molecule has 0 bridgehead atoms. The predicted octanol–water partition coefficient (Wildman–Crippen LogP) is 3.28. The number of ether oxygens (including phenoxy) is 1. The first-order valence-corrected chi connectivity index (χ1v) is 10.4. The van der Waals surface area contributed by atoms with Crippen LogP contribution in [0.3, 0.4) is 0 Å². The fraction of sp³-hybridized carbons (Fsp3) is 0.435. The average molecular weight is 411 g/mol. The molecule has 2 aliphatic rings. The van der Waals surface area contributed by atoms with E-state index in [1.165, 1.54) is 18.2 Å². The number of hydrogen-bond donors (Lipinski definition) is 1. The third-order valence-corrected chi connectivity index (χ3v) is 6.13. The van der Waals surface area contributed by atoms with Crippen LogP contribution in [-0.4, -0.2) is 40.1 Å². The van der Waals surface area contributed by atoms with Crippen LogP contribution < -0.4 is 5.32 Å². The topological polar surface area (TPSA) is 71.5 Å². The third kappa shape index (κ3) is 4.07. The maximum Gasteiger partial charge on any atom is 0.256 e. The minimum atomic E-state index is -0.811.